The second-order valence-corrected chi connectivity index (χ2v) is 7.40. The predicted molar refractivity (Wildman–Crippen MR) is 86.7 cm³/mol. The fourth-order valence-corrected chi connectivity index (χ4v) is 4.43. The standard InChI is InChI=1S/C16H23N3O3S/c20-15(14-10-23-12-17-14)19-6-8-22-16(11-19)2-4-18(5-3-16)13-1-7-21-9-13/h10,12-13H,1-9,11H2. The van der Waals surface area contributed by atoms with Crippen LogP contribution in [-0.4, -0.2) is 78.3 Å². The fraction of sp³-hybridized carbons (Fsp3) is 0.750. The van der Waals surface area contributed by atoms with E-state index in [9.17, 15) is 4.79 Å². The number of thiazole rings is 1. The third kappa shape index (κ3) is 3.15. The normalized spacial score (nSPS) is 28.3. The highest BCUT2D eigenvalue weighted by Crippen LogP contribution is 2.32. The Bertz CT molecular complexity index is 537. The SMILES string of the molecule is O=C(c1cscn1)N1CCOC2(CCN(C3CCOC3)CC2)C1. The highest BCUT2D eigenvalue weighted by atomic mass is 32.1. The average molecular weight is 337 g/mol. The number of likely N-dealkylation sites (tertiary alicyclic amines) is 1. The summed E-state index contributed by atoms with van der Waals surface area (Å²) in [6.07, 6.45) is 3.12. The Kier molecular flexibility index (Phi) is 4.36. The Labute approximate surface area is 140 Å². The van der Waals surface area contributed by atoms with E-state index in [1.165, 1.54) is 11.3 Å². The first-order chi connectivity index (χ1) is 11.3. The summed E-state index contributed by atoms with van der Waals surface area (Å²) in [6, 6.07) is 0.573. The van der Waals surface area contributed by atoms with E-state index in [0.717, 1.165) is 45.6 Å². The van der Waals surface area contributed by atoms with Crippen molar-refractivity contribution < 1.29 is 14.3 Å². The van der Waals surface area contributed by atoms with Gasteiger partial charge in [-0.1, -0.05) is 0 Å². The van der Waals surface area contributed by atoms with Crippen LogP contribution < -0.4 is 0 Å². The molecule has 23 heavy (non-hydrogen) atoms. The molecule has 1 amide bonds. The smallest absolute Gasteiger partial charge is 0.273 e. The summed E-state index contributed by atoms with van der Waals surface area (Å²) in [5, 5.41) is 1.83. The molecule has 126 valence electrons. The van der Waals surface area contributed by atoms with Crippen LogP contribution in [0.1, 0.15) is 29.8 Å². The van der Waals surface area contributed by atoms with Crippen molar-refractivity contribution in [2.75, 3.05) is 46.0 Å². The monoisotopic (exact) mass is 337 g/mol. The molecule has 4 rings (SSSR count). The maximum absolute atomic E-state index is 12.5. The van der Waals surface area contributed by atoms with Gasteiger partial charge < -0.3 is 14.4 Å². The number of rotatable bonds is 2. The highest BCUT2D eigenvalue weighted by Gasteiger charge is 2.42. The van der Waals surface area contributed by atoms with Crippen molar-refractivity contribution >= 4 is 17.2 Å². The molecule has 0 saturated carbocycles. The number of amides is 1. The first kappa shape index (κ1) is 15.5. The van der Waals surface area contributed by atoms with Crippen LogP contribution in [0.4, 0.5) is 0 Å². The van der Waals surface area contributed by atoms with Crippen molar-refractivity contribution in [3.8, 4) is 0 Å². The van der Waals surface area contributed by atoms with E-state index in [1.807, 2.05) is 10.3 Å². The van der Waals surface area contributed by atoms with Crippen LogP contribution in [0.2, 0.25) is 0 Å². The van der Waals surface area contributed by atoms with Crippen LogP contribution in [0, 0.1) is 0 Å². The quantitative estimate of drug-likeness (QED) is 0.813. The average Bonchev–Trinajstić information content (AvgIpc) is 3.29. The molecular formula is C16H23N3O3S. The molecule has 0 aliphatic carbocycles. The molecule has 6 nitrogen and oxygen atoms in total. The summed E-state index contributed by atoms with van der Waals surface area (Å²) in [6.45, 7) is 5.81. The van der Waals surface area contributed by atoms with Gasteiger partial charge >= 0.3 is 0 Å². The lowest BCUT2D eigenvalue weighted by molar-refractivity contribution is -0.130. The highest BCUT2D eigenvalue weighted by molar-refractivity contribution is 7.07. The van der Waals surface area contributed by atoms with Crippen LogP contribution in [0.5, 0.6) is 0 Å². The minimum Gasteiger partial charge on any atom is -0.380 e. The van der Waals surface area contributed by atoms with Gasteiger partial charge in [0.1, 0.15) is 5.69 Å². The van der Waals surface area contributed by atoms with E-state index in [2.05, 4.69) is 9.88 Å². The summed E-state index contributed by atoms with van der Waals surface area (Å²) in [7, 11) is 0. The summed E-state index contributed by atoms with van der Waals surface area (Å²) >= 11 is 1.47. The second kappa shape index (κ2) is 6.47. The van der Waals surface area contributed by atoms with E-state index in [0.29, 0.717) is 31.4 Å². The van der Waals surface area contributed by atoms with E-state index in [4.69, 9.17) is 9.47 Å². The van der Waals surface area contributed by atoms with Gasteiger partial charge in [-0.15, -0.1) is 11.3 Å². The van der Waals surface area contributed by atoms with Gasteiger partial charge in [0.25, 0.3) is 5.91 Å². The Morgan fingerprint density at radius 1 is 1.30 bits per heavy atom. The predicted octanol–water partition coefficient (Wildman–Crippen LogP) is 1.24. The Balaban J connectivity index is 1.38. The Morgan fingerprint density at radius 2 is 2.17 bits per heavy atom. The van der Waals surface area contributed by atoms with Crippen LogP contribution in [-0.2, 0) is 9.47 Å². The molecule has 1 unspecified atom stereocenters. The number of aromatic nitrogens is 1. The first-order valence-electron chi connectivity index (χ1n) is 8.39. The van der Waals surface area contributed by atoms with Crippen LogP contribution >= 0.6 is 11.3 Å². The molecule has 0 aromatic carbocycles. The van der Waals surface area contributed by atoms with Gasteiger partial charge in [-0.3, -0.25) is 9.69 Å². The molecule has 3 aliphatic rings. The molecule has 0 N–H and O–H groups in total. The Morgan fingerprint density at radius 3 is 2.87 bits per heavy atom. The van der Waals surface area contributed by atoms with Crippen LogP contribution in [0.25, 0.3) is 0 Å². The number of carbonyl (C=O) groups is 1. The van der Waals surface area contributed by atoms with Crippen molar-refractivity contribution in [2.45, 2.75) is 30.9 Å². The van der Waals surface area contributed by atoms with Gasteiger partial charge in [-0.25, -0.2) is 4.98 Å². The topological polar surface area (TPSA) is 54.9 Å². The zero-order valence-corrected chi connectivity index (χ0v) is 14.1. The van der Waals surface area contributed by atoms with E-state index in [1.54, 1.807) is 5.51 Å². The van der Waals surface area contributed by atoms with Crippen LogP contribution in [0.15, 0.2) is 10.9 Å². The zero-order valence-electron chi connectivity index (χ0n) is 13.3. The van der Waals surface area contributed by atoms with Gasteiger partial charge in [-0.2, -0.15) is 0 Å². The largest absolute Gasteiger partial charge is 0.380 e. The van der Waals surface area contributed by atoms with Crippen molar-refractivity contribution in [2.24, 2.45) is 0 Å². The zero-order chi connectivity index (χ0) is 15.7. The van der Waals surface area contributed by atoms with Crippen molar-refractivity contribution in [1.29, 1.82) is 0 Å². The molecule has 1 aromatic rings. The maximum Gasteiger partial charge on any atom is 0.273 e. The summed E-state index contributed by atoms with van der Waals surface area (Å²) in [5.41, 5.74) is 2.11. The molecule has 3 aliphatic heterocycles. The molecule has 1 aromatic heterocycles. The number of carbonyl (C=O) groups excluding carboxylic acids is 1. The van der Waals surface area contributed by atoms with Crippen LogP contribution in [0.3, 0.4) is 0 Å². The molecule has 0 radical (unpaired) electrons. The molecule has 3 saturated heterocycles. The molecular weight excluding hydrogens is 314 g/mol. The minimum atomic E-state index is -0.167. The number of hydrogen-bond acceptors (Lipinski definition) is 6. The van der Waals surface area contributed by atoms with Crippen molar-refractivity contribution in [3.05, 3.63) is 16.6 Å². The molecule has 7 heteroatoms. The summed E-state index contributed by atoms with van der Waals surface area (Å²) < 4.78 is 11.7. The maximum atomic E-state index is 12.5. The summed E-state index contributed by atoms with van der Waals surface area (Å²) in [5.74, 6) is 0.0422. The third-order valence-electron chi connectivity index (χ3n) is 5.32. The molecule has 0 bridgehead atoms. The lowest BCUT2D eigenvalue weighted by Gasteiger charge is -2.48. The number of hydrogen-bond donors (Lipinski definition) is 0. The minimum absolute atomic E-state index is 0.0422. The number of ether oxygens (including phenoxy) is 2. The number of piperidine rings is 1. The molecule has 4 heterocycles. The first-order valence-corrected chi connectivity index (χ1v) is 9.33. The van der Waals surface area contributed by atoms with Gasteiger partial charge in [0.15, 0.2) is 0 Å². The van der Waals surface area contributed by atoms with Gasteiger partial charge in [-0.05, 0) is 19.3 Å². The third-order valence-corrected chi connectivity index (χ3v) is 5.90. The van der Waals surface area contributed by atoms with Crippen molar-refractivity contribution in [3.63, 3.8) is 0 Å². The van der Waals surface area contributed by atoms with E-state index >= 15 is 0 Å². The van der Waals surface area contributed by atoms with Gasteiger partial charge in [0.05, 0.1) is 30.9 Å². The molecule has 3 fully saturated rings. The van der Waals surface area contributed by atoms with Gasteiger partial charge in [0, 0.05) is 37.7 Å². The van der Waals surface area contributed by atoms with Crippen molar-refractivity contribution in [1.82, 2.24) is 14.8 Å². The second-order valence-electron chi connectivity index (χ2n) is 6.69. The molecule has 1 spiro atoms. The fourth-order valence-electron chi connectivity index (χ4n) is 3.91. The van der Waals surface area contributed by atoms with E-state index < -0.39 is 0 Å². The number of nitrogens with zero attached hydrogens (tertiary/aromatic N) is 3. The summed E-state index contributed by atoms with van der Waals surface area (Å²) in [4.78, 5) is 21.2. The Hall–Kier alpha value is -1.02. The molecule has 1 atom stereocenters. The van der Waals surface area contributed by atoms with Gasteiger partial charge in [0.2, 0.25) is 0 Å². The lowest BCUT2D eigenvalue weighted by atomic mass is 9.88. The lowest BCUT2D eigenvalue weighted by Crippen LogP contribution is -2.59. The number of morpholine rings is 1. The van der Waals surface area contributed by atoms with E-state index in [-0.39, 0.29) is 11.5 Å².